The number of aromatic nitrogens is 2. The first-order chi connectivity index (χ1) is 18.7. The number of allylic oxidation sites excluding steroid dienone is 1. The fourth-order valence-electron chi connectivity index (χ4n) is 4.49. The van der Waals surface area contributed by atoms with Gasteiger partial charge in [0.25, 0.3) is 0 Å². The van der Waals surface area contributed by atoms with Crippen molar-refractivity contribution in [2.45, 2.75) is 24.9 Å². The van der Waals surface area contributed by atoms with Gasteiger partial charge in [0.05, 0.1) is 7.11 Å². The highest BCUT2D eigenvalue weighted by Gasteiger charge is 2.35. The van der Waals surface area contributed by atoms with Gasteiger partial charge in [-0.05, 0) is 24.2 Å². The Hall–Kier alpha value is -2.89. The maximum atomic E-state index is 13.1. The van der Waals surface area contributed by atoms with Gasteiger partial charge in [-0.3, -0.25) is 9.80 Å². The van der Waals surface area contributed by atoms with Gasteiger partial charge in [0.15, 0.2) is 5.06 Å². The molecule has 1 aromatic carbocycles. The molecule has 1 aliphatic heterocycles. The minimum Gasteiger partial charge on any atom is -0.495 e. The summed E-state index contributed by atoms with van der Waals surface area (Å²) in [6, 6.07) is 9.53. The number of hydrogen-bond acceptors (Lipinski definition) is 8. The maximum Gasteiger partial charge on any atom is 0.327 e. The quantitative estimate of drug-likeness (QED) is 0.423. The average Bonchev–Trinajstić information content (AvgIpc) is 2.95. The predicted molar refractivity (Wildman–Crippen MR) is 154 cm³/mol. The number of rotatable bonds is 9. The summed E-state index contributed by atoms with van der Waals surface area (Å²) in [6.07, 6.45) is 3.13. The number of benzene rings is 1. The van der Waals surface area contributed by atoms with E-state index in [1.165, 1.54) is 31.0 Å². The first-order valence-electron chi connectivity index (χ1n) is 12.8. The Labute approximate surface area is 239 Å². The molecule has 2 N–H and O–H groups in total. The predicted octanol–water partition coefficient (Wildman–Crippen LogP) is 4.47. The molecule has 2 amide bonds. The van der Waals surface area contributed by atoms with Gasteiger partial charge in [0.1, 0.15) is 28.8 Å². The Morgan fingerprint density at radius 2 is 1.90 bits per heavy atom. The molecule has 10 nitrogen and oxygen atoms in total. The fraction of sp³-hybridized carbons (Fsp3) is 0.444. The van der Waals surface area contributed by atoms with Gasteiger partial charge >= 0.3 is 6.03 Å². The van der Waals surface area contributed by atoms with E-state index >= 15 is 0 Å². The minimum absolute atomic E-state index is 0.150. The SMILES string of the molecule is CCN1CCN(Cc2cccc(Nc3cc(N(C)C(=O)NC4=C(Cl)C(OC)=CC(Cl)(OC)C4)ncn3)c2)CC1. The molecule has 12 heteroatoms. The number of nitrogens with one attached hydrogen (secondary N) is 2. The summed E-state index contributed by atoms with van der Waals surface area (Å²) in [4.78, 5) is 28.0. The lowest BCUT2D eigenvalue weighted by Crippen LogP contribution is -2.45. The van der Waals surface area contributed by atoms with E-state index in [0.717, 1.165) is 45.0 Å². The number of likely N-dealkylation sites (N-methyl/N-ethyl adjacent to an activating group) is 1. The summed E-state index contributed by atoms with van der Waals surface area (Å²) in [6.45, 7) is 8.55. The zero-order valence-corrected chi connectivity index (χ0v) is 24.2. The second-order valence-corrected chi connectivity index (χ2v) is 10.5. The van der Waals surface area contributed by atoms with E-state index in [4.69, 9.17) is 32.7 Å². The maximum absolute atomic E-state index is 13.1. The lowest BCUT2D eigenvalue weighted by Gasteiger charge is -2.34. The van der Waals surface area contributed by atoms with Crippen LogP contribution in [0.2, 0.25) is 0 Å². The van der Waals surface area contributed by atoms with Crippen LogP contribution >= 0.6 is 23.2 Å². The molecule has 1 saturated heterocycles. The van der Waals surface area contributed by atoms with Crippen LogP contribution in [0.5, 0.6) is 0 Å². The summed E-state index contributed by atoms with van der Waals surface area (Å²) in [7, 11) is 4.55. The number of methoxy groups -OCH3 is 2. The second-order valence-electron chi connectivity index (χ2n) is 9.46. The molecule has 1 aromatic heterocycles. The molecular formula is C27H35Cl2N7O3. The van der Waals surface area contributed by atoms with E-state index in [1.807, 2.05) is 12.1 Å². The molecule has 0 spiro atoms. The van der Waals surface area contributed by atoms with Crippen LogP contribution in [-0.2, 0) is 16.0 Å². The van der Waals surface area contributed by atoms with Gasteiger partial charge in [-0.2, -0.15) is 0 Å². The standard InChI is InChI=1S/C27H35Cl2N7O3/c1-5-35-9-11-36(12-10-35)17-19-7-6-8-20(13-19)32-23-14-24(31-18-30-23)34(2)26(37)33-21-15-27(29,39-4)16-22(38-3)25(21)28/h6-8,13-14,16,18H,5,9-12,15,17H2,1-4H3,(H,33,37)(H,30,31,32). The second kappa shape index (κ2) is 13.0. The van der Waals surface area contributed by atoms with Crippen LogP contribution in [0.25, 0.3) is 0 Å². The molecule has 0 radical (unpaired) electrons. The van der Waals surface area contributed by atoms with Gasteiger partial charge in [-0.1, -0.05) is 42.3 Å². The van der Waals surface area contributed by atoms with E-state index in [-0.39, 0.29) is 11.5 Å². The monoisotopic (exact) mass is 575 g/mol. The Kier molecular flexibility index (Phi) is 9.68. The zero-order chi connectivity index (χ0) is 28.0. The van der Waals surface area contributed by atoms with Crippen LogP contribution < -0.4 is 15.5 Å². The molecule has 0 saturated carbocycles. The number of carbonyl (C=O) groups excluding carboxylic acids is 1. The van der Waals surface area contributed by atoms with Crippen LogP contribution in [0.15, 0.2) is 59.2 Å². The highest BCUT2D eigenvalue weighted by Crippen LogP contribution is 2.37. The largest absolute Gasteiger partial charge is 0.495 e. The molecule has 2 aliphatic rings. The van der Waals surface area contributed by atoms with Crippen molar-refractivity contribution in [2.24, 2.45) is 0 Å². The number of halogens is 2. The summed E-state index contributed by atoms with van der Waals surface area (Å²) >= 11 is 12.9. The summed E-state index contributed by atoms with van der Waals surface area (Å²) in [5, 5.41) is 5.20. The molecule has 4 rings (SSSR count). The third-order valence-corrected chi connectivity index (χ3v) is 7.69. The molecule has 0 bridgehead atoms. The average molecular weight is 577 g/mol. The van der Waals surface area contributed by atoms with Crippen LogP contribution in [0, 0.1) is 0 Å². The van der Waals surface area contributed by atoms with Crippen LogP contribution in [-0.4, -0.2) is 84.9 Å². The van der Waals surface area contributed by atoms with E-state index in [0.29, 0.717) is 23.1 Å². The van der Waals surface area contributed by atoms with Crippen molar-refractivity contribution < 1.29 is 14.3 Å². The van der Waals surface area contributed by atoms with Crippen LogP contribution in [0.3, 0.4) is 0 Å². The summed E-state index contributed by atoms with van der Waals surface area (Å²) in [5.41, 5.74) is 2.52. The van der Waals surface area contributed by atoms with Gasteiger partial charge in [0, 0.05) is 76.8 Å². The molecule has 1 unspecified atom stereocenters. The van der Waals surface area contributed by atoms with Gasteiger partial charge in [0.2, 0.25) is 0 Å². The first kappa shape index (κ1) is 29.1. The van der Waals surface area contributed by atoms with E-state index in [2.05, 4.69) is 49.5 Å². The Bertz CT molecular complexity index is 1230. The molecule has 1 aliphatic carbocycles. The number of alkyl halides is 1. The Balaban J connectivity index is 1.41. The van der Waals surface area contributed by atoms with Gasteiger partial charge < -0.3 is 25.0 Å². The first-order valence-corrected chi connectivity index (χ1v) is 13.6. The number of ether oxygens (including phenoxy) is 2. The van der Waals surface area contributed by atoms with Gasteiger partial charge in [-0.25, -0.2) is 14.8 Å². The minimum atomic E-state index is -1.19. The van der Waals surface area contributed by atoms with Crippen LogP contribution in [0.4, 0.5) is 22.1 Å². The summed E-state index contributed by atoms with van der Waals surface area (Å²) in [5.74, 6) is 1.28. The van der Waals surface area contributed by atoms with E-state index in [1.54, 1.807) is 19.2 Å². The van der Waals surface area contributed by atoms with E-state index in [9.17, 15) is 4.79 Å². The topological polar surface area (TPSA) is 95.1 Å². The third kappa shape index (κ3) is 7.40. The number of hydrogen-bond donors (Lipinski definition) is 2. The number of amides is 2. The molecule has 1 fully saturated rings. The molecule has 39 heavy (non-hydrogen) atoms. The third-order valence-electron chi connectivity index (χ3n) is 6.88. The number of nitrogens with zero attached hydrogens (tertiary/aromatic N) is 5. The number of anilines is 3. The molecule has 210 valence electrons. The highest BCUT2D eigenvalue weighted by atomic mass is 35.5. The molecule has 1 atom stereocenters. The van der Waals surface area contributed by atoms with Crippen molar-refractivity contribution in [1.82, 2.24) is 25.1 Å². The van der Waals surface area contributed by atoms with Crippen molar-refractivity contribution in [3.8, 4) is 0 Å². The molecule has 2 heterocycles. The van der Waals surface area contributed by atoms with Crippen molar-refractivity contribution in [2.75, 3.05) is 64.2 Å². The number of piperazine rings is 1. The van der Waals surface area contributed by atoms with E-state index < -0.39 is 11.1 Å². The van der Waals surface area contributed by atoms with Crippen LogP contribution in [0.1, 0.15) is 18.9 Å². The highest BCUT2D eigenvalue weighted by molar-refractivity contribution is 6.33. The lowest BCUT2D eigenvalue weighted by molar-refractivity contribution is 0.0965. The Morgan fingerprint density at radius 3 is 2.59 bits per heavy atom. The molecule has 2 aromatic rings. The van der Waals surface area contributed by atoms with Crippen molar-refractivity contribution in [3.05, 3.63) is 64.8 Å². The number of urea groups is 1. The van der Waals surface area contributed by atoms with Crippen molar-refractivity contribution in [1.29, 1.82) is 0 Å². The van der Waals surface area contributed by atoms with Gasteiger partial charge in [-0.15, -0.1) is 0 Å². The zero-order valence-electron chi connectivity index (χ0n) is 22.7. The number of carbonyl (C=O) groups is 1. The van der Waals surface area contributed by atoms with Crippen molar-refractivity contribution in [3.63, 3.8) is 0 Å². The lowest BCUT2D eigenvalue weighted by atomic mass is 10.1. The fourth-order valence-corrected chi connectivity index (χ4v) is 4.97. The Morgan fingerprint density at radius 1 is 1.15 bits per heavy atom. The van der Waals surface area contributed by atoms with Crippen molar-refractivity contribution >= 4 is 46.6 Å². The normalized spacial score (nSPS) is 20.4. The summed E-state index contributed by atoms with van der Waals surface area (Å²) < 4.78 is 10.7. The smallest absolute Gasteiger partial charge is 0.327 e. The molecular weight excluding hydrogens is 541 g/mol.